The molecule has 0 aliphatic heterocycles. The number of methoxy groups -OCH3 is 3. The third-order valence-electron chi connectivity index (χ3n) is 4.66. The molecule has 32 heavy (non-hydrogen) atoms. The average molecular weight is 556 g/mol. The summed E-state index contributed by atoms with van der Waals surface area (Å²) in [7, 11) is 6.43. The average Bonchev–Trinajstić information content (AvgIpc) is 2.81. The van der Waals surface area contributed by atoms with E-state index < -0.39 is 0 Å². The van der Waals surface area contributed by atoms with E-state index in [-0.39, 0.29) is 29.9 Å². The highest BCUT2D eigenvalue weighted by Gasteiger charge is 2.12. The molecule has 0 aromatic heterocycles. The fourth-order valence-corrected chi connectivity index (χ4v) is 3.06. The molecule has 0 fully saturated rings. The Labute approximate surface area is 207 Å². The van der Waals surface area contributed by atoms with E-state index in [9.17, 15) is 4.79 Å². The number of ether oxygens (including phenoxy) is 3. The number of nitrogens with one attached hydrogen (secondary N) is 3. The zero-order chi connectivity index (χ0) is 22.6. The summed E-state index contributed by atoms with van der Waals surface area (Å²) >= 11 is 0. The zero-order valence-electron chi connectivity index (χ0n) is 19.3. The van der Waals surface area contributed by atoms with Crippen LogP contribution in [0.1, 0.15) is 28.4 Å². The van der Waals surface area contributed by atoms with Gasteiger partial charge in [-0.1, -0.05) is 12.1 Å². The van der Waals surface area contributed by atoms with E-state index in [0.717, 1.165) is 24.1 Å². The summed E-state index contributed by atoms with van der Waals surface area (Å²) < 4.78 is 16.2. The number of benzene rings is 2. The number of rotatable bonds is 10. The lowest BCUT2D eigenvalue weighted by Crippen LogP contribution is -2.38. The monoisotopic (exact) mass is 556 g/mol. The lowest BCUT2D eigenvalue weighted by atomic mass is 10.1. The summed E-state index contributed by atoms with van der Waals surface area (Å²) in [6.45, 7) is 3.83. The number of amides is 1. The predicted molar refractivity (Wildman–Crippen MR) is 138 cm³/mol. The third-order valence-corrected chi connectivity index (χ3v) is 4.66. The molecule has 0 saturated carbocycles. The summed E-state index contributed by atoms with van der Waals surface area (Å²) in [5, 5.41) is 9.22. The maximum absolute atomic E-state index is 11.8. The van der Waals surface area contributed by atoms with Crippen LogP contribution < -0.4 is 30.2 Å². The van der Waals surface area contributed by atoms with E-state index in [0.29, 0.717) is 41.9 Å². The molecule has 0 atom stereocenters. The first-order valence-corrected chi connectivity index (χ1v) is 10.2. The van der Waals surface area contributed by atoms with E-state index in [1.807, 2.05) is 31.2 Å². The number of hydrogen-bond acceptors (Lipinski definition) is 5. The fourth-order valence-electron chi connectivity index (χ4n) is 3.06. The van der Waals surface area contributed by atoms with Gasteiger partial charge >= 0.3 is 0 Å². The molecule has 1 amide bonds. The minimum Gasteiger partial charge on any atom is -0.496 e. The fraction of sp³-hybridized carbons (Fsp3) is 0.391. The highest BCUT2D eigenvalue weighted by molar-refractivity contribution is 14.0. The molecule has 3 N–H and O–H groups in total. The summed E-state index contributed by atoms with van der Waals surface area (Å²) in [5.41, 5.74) is 2.61. The van der Waals surface area contributed by atoms with Gasteiger partial charge in [-0.25, -0.2) is 4.99 Å². The van der Waals surface area contributed by atoms with Gasteiger partial charge < -0.3 is 30.2 Å². The molecule has 176 valence electrons. The minimum atomic E-state index is -0.0893. The Kier molecular flexibility index (Phi) is 12.3. The summed E-state index contributed by atoms with van der Waals surface area (Å²) in [5.74, 6) is 2.53. The van der Waals surface area contributed by atoms with E-state index in [2.05, 4.69) is 20.9 Å². The molecule has 0 spiro atoms. The standard InChI is InChI=1S/C23H32N4O4.HI/c1-6-25-23(26-11-10-16-8-7-9-17(12-16)22(28)24-2)27-15-18-13-20(30-4)21(31-5)14-19(18)29-3;/h7-9,12-14H,6,10-11,15H2,1-5H3,(H,24,28)(H2,25,26,27);1H. The highest BCUT2D eigenvalue weighted by atomic mass is 127. The van der Waals surface area contributed by atoms with Crippen LogP contribution in [-0.4, -0.2) is 53.3 Å². The van der Waals surface area contributed by atoms with Gasteiger partial charge in [0.1, 0.15) is 5.75 Å². The van der Waals surface area contributed by atoms with Crippen LogP contribution in [0, 0.1) is 0 Å². The summed E-state index contributed by atoms with van der Waals surface area (Å²) in [6, 6.07) is 11.3. The molecule has 0 bridgehead atoms. The number of guanidine groups is 1. The number of nitrogens with zero attached hydrogens (tertiary/aromatic N) is 1. The van der Waals surface area contributed by atoms with Crippen LogP contribution in [0.4, 0.5) is 0 Å². The Balaban J connectivity index is 0.00000512. The molecule has 0 radical (unpaired) electrons. The second-order valence-electron chi connectivity index (χ2n) is 6.67. The van der Waals surface area contributed by atoms with Gasteiger partial charge in [0.2, 0.25) is 0 Å². The predicted octanol–water partition coefficient (Wildman–Crippen LogP) is 2.99. The maximum Gasteiger partial charge on any atom is 0.251 e. The van der Waals surface area contributed by atoms with Crippen LogP contribution in [0.5, 0.6) is 17.2 Å². The molecular weight excluding hydrogens is 523 g/mol. The van der Waals surface area contributed by atoms with Crippen LogP contribution in [0.3, 0.4) is 0 Å². The molecule has 0 saturated heterocycles. The molecule has 2 rings (SSSR count). The minimum absolute atomic E-state index is 0. The quantitative estimate of drug-likeness (QED) is 0.237. The number of carbonyl (C=O) groups is 1. The van der Waals surface area contributed by atoms with Gasteiger partial charge in [-0.15, -0.1) is 24.0 Å². The Morgan fingerprint density at radius 1 is 0.969 bits per heavy atom. The molecule has 2 aromatic rings. The zero-order valence-corrected chi connectivity index (χ0v) is 21.6. The molecule has 8 nitrogen and oxygen atoms in total. The van der Waals surface area contributed by atoms with Crippen molar-refractivity contribution < 1.29 is 19.0 Å². The Morgan fingerprint density at radius 3 is 2.28 bits per heavy atom. The van der Waals surface area contributed by atoms with Crippen molar-refractivity contribution in [1.29, 1.82) is 0 Å². The van der Waals surface area contributed by atoms with E-state index in [4.69, 9.17) is 14.2 Å². The van der Waals surface area contributed by atoms with Crippen molar-refractivity contribution >= 4 is 35.8 Å². The summed E-state index contributed by atoms with van der Waals surface area (Å²) in [6.07, 6.45) is 0.759. The van der Waals surface area contributed by atoms with Gasteiger partial charge in [0, 0.05) is 37.3 Å². The first-order chi connectivity index (χ1) is 15.1. The third kappa shape index (κ3) is 7.77. The molecule has 0 aliphatic carbocycles. The topological polar surface area (TPSA) is 93.2 Å². The number of aliphatic imine (C=N–C) groups is 1. The van der Waals surface area contributed by atoms with Gasteiger partial charge in [0.05, 0.1) is 27.9 Å². The van der Waals surface area contributed by atoms with Crippen molar-refractivity contribution in [1.82, 2.24) is 16.0 Å². The van der Waals surface area contributed by atoms with E-state index in [1.165, 1.54) is 0 Å². The van der Waals surface area contributed by atoms with Gasteiger partial charge in [-0.3, -0.25) is 4.79 Å². The van der Waals surface area contributed by atoms with E-state index >= 15 is 0 Å². The smallest absolute Gasteiger partial charge is 0.251 e. The Hall–Kier alpha value is -2.69. The Morgan fingerprint density at radius 2 is 1.66 bits per heavy atom. The number of carbonyl (C=O) groups excluding carboxylic acids is 1. The molecule has 0 aliphatic rings. The molecule has 0 heterocycles. The van der Waals surface area contributed by atoms with Crippen LogP contribution >= 0.6 is 24.0 Å². The maximum atomic E-state index is 11.8. The van der Waals surface area contributed by atoms with Crippen molar-refractivity contribution in [3.05, 3.63) is 53.1 Å². The van der Waals surface area contributed by atoms with Crippen LogP contribution in [0.25, 0.3) is 0 Å². The van der Waals surface area contributed by atoms with Crippen LogP contribution in [-0.2, 0) is 13.0 Å². The van der Waals surface area contributed by atoms with Crippen LogP contribution in [0.2, 0.25) is 0 Å². The normalized spacial score (nSPS) is 10.6. The first-order valence-electron chi connectivity index (χ1n) is 10.2. The molecule has 0 unspecified atom stereocenters. The summed E-state index contributed by atoms with van der Waals surface area (Å²) in [4.78, 5) is 16.5. The largest absolute Gasteiger partial charge is 0.496 e. The number of hydrogen-bond donors (Lipinski definition) is 3. The van der Waals surface area contributed by atoms with Crippen molar-refractivity contribution in [2.75, 3.05) is 41.5 Å². The lowest BCUT2D eigenvalue weighted by Gasteiger charge is -2.14. The molecular formula is C23H33IN4O4. The van der Waals surface area contributed by atoms with Gasteiger partial charge in [-0.2, -0.15) is 0 Å². The van der Waals surface area contributed by atoms with Crippen molar-refractivity contribution in [3.8, 4) is 17.2 Å². The SMILES string of the molecule is CCNC(=NCc1cc(OC)c(OC)cc1OC)NCCc1cccc(C(=O)NC)c1.I. The molecule has 9 heteroatoms. The number of halogens is 1. The highest BCUT2D eigenvalue weighted by Crippen LogP contribution is 2.34. The van der Waals surface area contributed by atoms with Crippen molar-refractivity contribution in [3.63, 3.8) is 0 Å². The second kappa shape index (κ2) is 14.4. The second-order valence-corrected chi connectivity index (χ2v) is 6.67. The van der Waals surface area contributed by atoms with Crippen LogP contribution in [0.15, 0.2) is 41.4 Å². The van der Waals surface area contributed by atoms with Crippen molar-refractivity contribution in [2.24, 2.45) is 4.99 Å². The first kappa shape index (κ1) is 27.3. The van der Waals surface area contributed by atoms with Gasteiger partial charge in [0.15, 0.2) is 17.5 Å². The van der Waals surface area contributed by atoms with Gasteiger partial charge in [0.25, 0.3) is 5.91 Å². The van der Waals surface area contributed by atoms with Crippen molar-refractivity contribution in [2.45, 2.75) is 19.9 Å². The van der Waals surface area contributed by atoms with E-state index in [1.54, 1.807) is 40.5 Å². The van der Waals surface area contributed by atoms with Gasteiger partial charge in [-0.05, 0) is 37.1 Å². The molecule has 2 aromatic carbocycles. The Bertz CT molecular complexity index is 906. The lowest BCUT2D eigenvalue weighted by molar-refractivity contribution is 0.0963.